The summed E-state index contributed by atoms with van der Waals surface area (Å²) in [6, 6.07) is 4.22. The van der Waals surface area contributed by atoms with Gasteiger partial charge in [-0.15, -0.1) is 10.2 Å². The largest absolute Gasteiger partial charge is 0.490 e. The van der Waals surface area contributed by atoms with E-state index in [1.807, 2.05) is 29.7 Å². The Balaban J connectivity index is 2.06. The molecule has 0 radical (unpaired) electrons. The molecule has 1 saturated heterocycles. The van der Waals surface area contributed by atoms with Crippen molar-refractivity contribution in [3.63, 3.8) is 0 Å². The molecule has 1 N–H and O–H groups in total. The van der Waals surface area contributed by atoms with Gasteiger partial charge in [-0.05, 0) is 38.4 Å². The first-order valence-electron chi connectivity index (χ1n) is 6.10. The van der Waals surface area contributed by atoms with Gasteiger partial charge < -0.3 is 10.1 Å². The van der Waals surface area contributed by atoms with E-state index in [0.717, 1.165) is 30.2 Å². The molecule has 2 aromatic rings. The van der Waals surface area contributed by atoms with Crippen molar-refractivity contribution in [2.45, 2.75) is 25.8 Å². The van der Waals surface area contributed by atoms with Crippen LogP contribution in [0, 0.1) is 0 Å². The van der Waals surface area contributed by atoms with Crippen LogP contribution < -0.4 is 10.1 Å². The van der Waals surface area contributed by atoms with Crippen LogP contribution in [-0.2, 0) is 0 Å². The summed E-state index contributed by atoms with van der Waals surface area (Å²) in [5.41, 5.74) is 0.804. The van der Waals surface area contributed by atoms with Crippen molar-refractivity contribution in [1.29, 1.82) is 0 Å². The molecule has 0 spiro atoms. The summed E-state index contributed by atoms with van der Waals surface area (Å²) in [5, 5.41) is 12.0. The fourth-order valence-electron chi connectivity index (χ4n) is 2.32. The van der Waals surface area contributed by atoms with Crippen molar-refractivity contribution in [2.24, 2.45) is 0 Å². The third kappa shape index (κ3) is 1.76. The van der Waals surface area contributed by atoms with Gasteiger partial charge in [-0.1, -0.05) is 0 Å². The van der Waals surface area contributed by atoms with Crippen molar-refractivity contribution < 1.29 is 4.74 Å². The van der Waals surface area contributed by atoms with Crippen LogP contribution in [0.3, 0.4) is 0 Å². The third-order valence-corrected chi connectivity index (χ3v) is 3.10. The zero-order chi connectivity index (χ0) is 11.7. The molecule has 1 fully saturated rings. The summed E-state index contributed by atoms with van der Waals surface area (Å²) in [7, 11) is 0. The maximum absolute atomic E-state index is 5.55. The maximum atomic E-state index is 5.55. The van der Waals surface area contributed by atoms with Gasteiger partial charge in [-0.2, -0.15) is 0 Å². The summed E-state index contributed by atoms with van der Waals surface area (Å²) in [6.45, 7) is 3.67. The Hall–Kier alpha value is -1.62. The topological polar surface area (TPSA) is 51.5 Å². The molecular formula is C12H16N4O. The molecule has 1 atom stereocenters. The van der Waals surface area contributed by atoms with E-state index >= 15 is 0 Å². The monoisotopic (exact) mass is 232 g/mol. The minimum Gasteiger partial charge on any atom is -0.490 e. The second-order valence-electron chi connectivity index (χ2n) is 4.21. The van der Waals surface area contributed by atoms with E-state index in [-0.39, 0.29) is 0 Å². The second-order valence-corrected chi connectivity index (χ2v) is 4.21. The fourth-order valence-corrected chi connectivity index (χ4v) is 2.32. The van der Waals surface area contributed by atoms with Gasteiger partial charge in [0.15, 0.2) is 11.6 Å². The molecule has 0 amide bonds. The Morgan fingerprint density at radius 3 is 3.24 bits per heavy atom. The van der Waals surface area contributed by atoms with E-state index in [2.05, 4.69) is 15.5 Å². The van der Waals surface area contributed by atoms with Gasteiger partial charge in [0, 0.05) is 6.20 Å². The van der Waals surface area contributed by atoms with Crippen LogP contribution >= 0.6 is 0 Å². The van der Waals surface area contributed by atoms with Crippen molar-refractivity contribution >= 4 is 5.65 Å². The maximum Gasteiger partial charge on any atom is 0.203 e. The van der Waals surface area contributed by atoms with E-state index in [0.29, 0.717) is 12.6 Å². The minimum atomic E-state index is 0.321. The fraction of sp³-hybridized carbons (Fsp3) is 0.500. The lowest BCUT2D eigenvalue weighted by molar-refractivity contribution is 0.342. The SMILES string of the molecule is CCOc1cccn2c(C3CCCN3)nnc12. The van der Waals surface area contributed by atoms with Gasteiger partial charge in [-0.25, -0.2) is 0 Å². The van der Waals surface area contributed by atoms with E-state index in [1.165, 1.54) is 6.42 Å². The molecule has 2 aromatic heterocycles. The molecule has 1 aliphatic heterocycles. The highest BCUT2D eigenvalue weighted by Gasteiger charge is 2.22. The number of rotatable bonds is 3. The van der Waals surface area contributed by atoms with Crippen LogP contribution in [0.4, 0.5) is 0 Å². The zero-order valence-electron chi connectivity index (χ0n) is 9.89. The molecular weight excluding hydrogens is 216 g/mol. The molecule has 0 aromatic carbocycles. The smallest absolute Gasteiger partial charge is 0.203 e. The first-order chi connectivity index (χ1) is 8.40. The highest BCUT2D eigenvalue weighted by Crippen LogP contribution is 2.25. The molecule has 17 heavy (non-hydrogen) atoms. The Morgan fingerprint density at radius 2 is 2.47 bits per heavy atom. The van der Waals surface area contributed by atoms with Crippen molar-refractivity contribution in [2.75, 3.05) is 13.2 Å². The highest BCUT2D eigenvalue weighted by molar-refractivity contribution is 5.53. The number of ether oxygens (including phenoxy) is 1. The first kappa shape index (κ1) is 10.5. The average Bonchev–Trinajstić information content (AvgIpc) is 2.97. The number of hydrogen-bond acceptors (Lipinski definition) is 4. The predicted molar refractivity (Wildman–Crippen MR) is 64.1 cm³/mol. The lowest BCUT2D eigenvalue weighted by atomic mass is 10.2. The van der Waals surface area contributed by atoms with Crippen molar-refractivity contribution in [3.8, 4) is 5.75 Å². The van der Waals surface area contributed by atoms with E-state index in [9.17, 15) is 0 Å². The summed E-state index contributed by atoms with van der Waals surface area (Å²) in [4.78, 5) is 0. The summed E-state index contributed by atoms with van der Waals surface area (Å²) in [5.74, 6) is 1.78. The van der Waals surface area contributed by atoms with E-state index in [4.69, 9.17) is 4.74 Å². The van der Waals surface area contributed by atoms with Gasteiger partial charge in [0.1, 0.15) is 0 Å². The molecule has 1 aliphatic rings. The van der Waals surface area contributed by atoms with Crippen LogP contribution in [0.1, 0.15) is 31.6 Å². The lowest BCUT2D eigenvalue weighted by Crippen LogP contribution is -2.15. The van der Waals surface area contributed by atoms with Crippen LogP contribution in [0.2, 0.25) is 0 Å². The molecule has 1 unspecified atom stereocenters. The molecule has 3 rings (SSSR count). The second kappa shape index (κ2) is 4.33. The molecule has 3 heterocycles. The Kier molecular flexibility index (Phi) is 2.68. The number of fused-ring (bicyclic) bond motifs is 1. The lowest BCUT2D eigenvalue weighted by Gasteiger charge is -2.08. The van der Waals surface area contributed by atoms with Crippen LogP contribution in [0.5, 0.6) is 5.75 Å². The normalized spacial score (nSPS) is 19.9. The molecule has 0 bridgehead atoms. The molecule has 5 nitrogen and oxygen atoms in total. The number of aromatic nitrogens is 3. The van der Waals surface area contributed by atoms with Gasteiger partial charge in [0.05, 0.1) is 12.6 Å². The standard InChI is InChI=1S/C12H16N4O/c1-2-17-10-6-4-8-16-11(14-15-12(10)16)9-5-3-7-13-9/h4,6,8-9,13H,2-3,5,7H2,1H3. The van der Waals surface area contributed by atoms with E-state index in [1.54, 1.807) is 0 Å². The minimum absolute atomic E-state index is 0.321. The van der Waals surface area contributed by atoms with Crippen molar-refractivity contribution in [1.82, 2.24) is 19.9 Å². The Bertz CT molecular complexity index is 516. The molecule has 5 heteroatoms. The van der Waals surface area contributed by atoms with Crippen molar-refractivity contribution in [3.05, 3.63) is 24.2 Å². The zero-order valence-corrected chi connectivity index (χ0v) is 9.89. The number of hydrogen-bond donors (Lipinski definition) is 1. The van der Waals surface area contributed by atoms with Crippen LogP contribution in [0.25, 0.3) is 5.65 Å². The number of nitrogens with one attached hydrogen (secondary N) is 1. The molecule has 0 saturated carbocycles. The van der Waals surface area contributed by atoms with Gasteiger partial charge in [0.25, 0.3) is 0 Å². The van der Waals surface area contributed by atoms with Gasteiger partial charge in [0.2, 0.25) is 5.65 Å². The summed E-state index contributed by atoms with van der Waals surface area (Å²) in [6.07, 6.45) is 4.32. The Labute approximate surface area is 99.8 Å². The molecule has 90 valence electrons. The van der Waals surface area contributed by atoms with Gasteiger partial charge >= 0.3 is 0 Å². The first-order valence-corrected chi connectivity index (χ1v) is 6.10. The quantitative estimate of drug-likeness (QED) is 0.872. The third-order valence-electron chi connectivity index (χ3n) is 3.10. The van der Waals surface area contributed by atoms with Gasteiger partial charge in [-0.3, -0.25) is 4.40 Å². The molecule has 0 aliphatic carbocycles. The Morgan fingerprint density at radius 1 is 1.53 bits per heavy atom. The predicted octanol–water partition coefficient (Wildman–Crippen LogP) is 1.55. The number of nitrogens with zero attached hydrogens (tertiary/aromatic N) is 3. The average molecular weight is 232 g/mol. The number of pyridine rings is 1. The van der Waals surface area contributed by atoms with E-state index < -0.39 is 0 Å². The summed E-state index contributed by atoms with van der Waals surface area (Å²) >= 11 is 0. The highest BCUT2D eigenvalue weighted by atomic mass is 16.5. The van der Waals surface area contributed by atoms with Crippen LogP contribution in [0.15, 0.2) is 18.3 Å². The summed E-state index contributed by atoms with van der Waals surface area (Å²) < 4.78 is 7.57. The van der Waals surface area contributed by atoms with Crippen LogP contribution in [-0.4, -0.2) is 27.7 Å².